The lowest BCUT2D eigenvalue weighted by atomic mass is 10.1. The van der Waals surface area contributed by atoms with Gasteiger partial charge in [0.25, 0.3) is 0 Å². The van der Waals surface area contributed by atoms with Crippen molar-refractivity contribution in [2.24, 2.45) is 0 Å². The van der Waals surface area contributed by atoms with Gasteiger partial charge in [0.15, 0.2) is 10.8 Å². The van der Waals surface area contributed by atoms with E-state index < -0.39 is 0 Å². The number of hydrogen-bond donors (Lipinski definition) is 1. The first-order chi connectivity index (χ1) is 14.0. The van der Waals surface area contributed by atoms with E-state index in [0.717, 1.165) is 33.1 Å². The second-order valence-electron chi connectivity index (χ2n) is 7.29. The Balaban J connectivity index is 1.71. The molecular weight excluding hydrogens is 380 g/mol. The Labute approximate surface area is 174 Å². The molecule has 4 rings (SSSR count). The van der Waals surface area contributed by atoms with Gasteiger partial charge in [-0.1, -0.05) is 55.1 Å². The highest BCUT2D eigenvalue weighted by Gasteiger charge is 2.22. The average Bonchev–Trinajstić information content (AvgIpc) is 3.10. The zero-order valence-electron chi connectivity index (χ0n) is 17.1. The van der Waals surface area contributed by atoms with Crippen molar-refractivity contribution in [2.75, 3.05) is 5.32 Å². The van der Waals surface area contributed by atoms with E-state index in [1.54, 1.807) is 0 Å². The van der Waals surface area contributed by atoms with Crippen molar-refractivity contribution in [3.63, 3.8) is 0 Å². The van der Waals surface area contributed by atoms with Gasteiger partial charge in [-0.15, -0.1) is 10.2 Å². The van der Waals surface area contributed by atoms with Crippen LogP contribution in [0.25, 0.3) is 16.6 Å². The van der Waals surface area contributed by atoms with Crippen LogP contribution in [-0.2, 0) is 4.79 Å². The van der Waals surface area contributed by atoms with E-state index in [2.05, 4.69) is 52.0 Å². The minimum absolute atomic E-state index is 0.0170. The summed E-state index contributed by atoms with van der Waals surface area (Å²) < 4.78 is 2.08. The number of thioether (sulfide) groups is 1. The second kappa shape index (κ2) is 7.87. The highest BCUT2D eigenvalue weighted by Crippen LogP contribution is 2.31. The van der Waals surface area contributed by atoms with Crippen molar-refractivity contribution in [1.29, 1.82) is 0 Å². The molecule has 0 spiro atoms. The number of pyridine rings is 1. The first kappa shape index (κ1) is 19.5. The third kappa shape index (κ3) is 3.60. The Morgan fingerprint density at radius 2 is 1.79 bits per heavy atom. The quantitative estimate of drug-likeness (QED) is 0.458. The monoisotopic (exact) mass is 404 g/mol. The molecule has 1 atom stereocenters. The van der Waals surface area contributed by atoms with Crippen LogP contribution in [0.1, 0.15) is 30.0 Å². The van der Waals surface area contributed by atoms with Crippen molar-refractivity contribution < 1.29 is 4.79 Å². The summed E-state index contributed by atoms with van der Waals surface area (Å²) in [6.45, 7) is 8.20. The second-order valence-corrected chi connectivity index (χ2v) is 8.46. The number of nitrogens with one attached hydrogen (secondary N) is 1. The summed E-state index contributed by atoms with van der Waals surface area (Å²) in [5.74, 6) is -0.0170. The van der Waals surface area contributed by atoms with Gasteiger partial charge in [-0.2, -0.15) is 0 Å². The van der Waals surface area contributed by atoms with E-state index in [-0.39, 0.29) is 11.2 Å². The van der Waals surface area contributed by atoms with Gasteiger partial charge in [0, 0.05) is 11.1 Å². The average molecular weight is 405 g/mol. The fourth-order valence-electron chi connectivity index (χ4n) is 3.58. The van der Waals surface area contributed by atoms with Crippen molar-refractivity contribution in [2.45, 2.75) is 44.5 Å². The molecule has 2 aromatic heterocycles. The Morgan fingerprint density at radius 3 is 2.55 bits per heavy atom. The molecule has 4 aromatic rings. The van der Waals surface area contributed by atoms with Crippen molar-refractivity contribution in [3.8, 4) is 0 Å². The molecule has 0 aliphatic carbocycles. The molecule has 6 heteroatoms. The van der Waals surface area contributed by atoms with Gasteiger partial charge in [0.05, 0.1) is 10.8 Å². The van der Waals surface area contributed by atoms with Crippen LogP contribution in [0.3, 0.4) is 0 Å². The first-order valence-electron chi connectivity index (χ1n) is 9.76. The summed E-state index contributed by atoms with van der Waals surface area (Å²) in [7, 11) is 0. The molecule has 1 unspecified atom stereocenters. The number of hydrogen-bond acceptors (Lipinski definition) is 4. The molecule has 29 heavy (non-hydrogen) atoms. The Kier molecular flexibility index (Phi) is 5.28. The molecule has 1 amide bonds. The Morgan fingerprint density at radius 1 is 1.03 bits per heavy atom. The van der Waals surface area contributed by atoms with E-state index in [1.807, 2.05) is 44.2 Å². The zero-order chi connectivity index (χ0) is 20.5. The topological polar surface area (TPSA) is 59.3 Å². The standard InChI is InChI=1S/C23H24N4OS/c1-5-19(22(28)24-18-12-7-6-9-14(18)2)29-23-26-25-20-13-16(4)17-11-8-10-15(3)21(17)27(20)23/h6-13,19H,5H2,1-4H3,(H,24,28). The molecule has 0 bridgehead atoms. The van der Waals surface area contributed by atoms with Crippen LogP contribution in [0, 0.1) is 20.8 Å². The summed E-state index contributed by atoms with van der Waals surface area (Å²) >= 11 is 1.46. The number of carbonyl (C=O) groups is 1. The lowest BCUT2D eigenvalue weighted by Crippen LogP contribution is -2.25. The van der Waals surface area contributed by atoms with Crippen molar-refractivity contribution >= 4 is 39.9 Å². The molecule has 2 aromatic carbocycles. The van der Waals surface area contributed by atoms with Crippen LogP contribution in [0.2, 0.25) is 0 Å². The fourth-order valence-corrected chi connectivity index (χ4v) is 4.55. The fraction of sp³-hybridized carbons (Fsp3) is 0.261. The van der Waals surface area contributed by atoms with Crippen LogP contribution >= 0.6 is 11.8 Å². The van der Waals surface area contributed by atoms with Gasteiger partial charge >= 0.3 is 0 Å². The molecule has 0 aliphatic rings. The highest BCUT2D eigenvalue weighted by atomic mass is 32.2. The first-order valence-corrected chi connectivity index (χ1v) is 10.6. The molecule has 0 aliphatic heterocycles. The molecule has 5 nitrogen and oxygen atoms in total. The normalized spacial score (nSPS) is 12.4. The number of aromatic nitrogens is 3. The molecule has 0 saturated heterocycles. The molecule has 0 saturated carbocycles. The molecule has 148 valence electrons. The maximum atomic E-state index is 13.0. The number of para-hydroxylation sites is 2. The third-order valence-electron chi connectivity index (χ3n) is 5.20. The molecule has 0 radical (unpaired) electrons. The number of benzene rings is 2. The largest absolute Gasteiger partial charge is 0.325 e. The predicted octanol–water partition coefficient (Wildman–Crippen LogP) is 5.32. The number of carbonyl (C=O) groups excluding carboxylic acids is 1. The van der Waals surface area contributed by atoms with Gasteiger partial charge in [0.2, 0.25) is 5.91 Å². The number of anilines is 1. The van der Waals surface area contributed by atoms with Gasteiger partial charge in [-0.05, 0) is 56.0 Å². The minimum Gasteiger partial charge on any atom is -0.325 e. The number of aryl methyl sites for hydroxylation is 3. The van der Waals surface area contributed by atoms with Crippen LogP contribution in [0.5, 0.6) is 0 Å². The highest BCUT2D eigenvalue weighted by molar-refractivity contribution is 8.00. The van der Waals surface area contributed by atoms with E-state index >= 15 is 0 Å². The lowest BCUT2D eigenvalue weighted by molar-refractivity contribution is -0.115. The minimum atomic E-state index is -0.262. The van der Waals surface area contributed by atoms with E-state index in [4.69, 9.17) is 0 Å². The summed E-state index contributed by atoms with van der Waals surface area (Å²) in [6, 6.07) is 16.1. The molecular formula is C23H24N4OS. The maximum Gasteiger partial charge on any atom is 0.237 e. The van der Waals surface area contributed by atoms with Crippen LogP contribution in [-0.4, -0.2) is 25.8 Å². The lowest BCUT2D eigenvalue weighted by Gasteiger charge is -2.16. The predicted molar refractivity (Wildman–Crippen MR) is 120 cm³/mol. The van der Waals surface area contributed by atoms with Crippen LogP contribution < -0.4 is 5.32 Å². The molecule has 2 heterocycles. The van der Waals surface area contributed by atoms with Crippen LogP contribution in [0.4, 0.5) is 5.69 Å². The number of nitrogens with zero attached hydrogens (tertiary/aromatic N) is 3. The van der Waals surface area contributed by atoms with E-state index in [0.29, 0.717) is 6.42 Å². The summed E-state index contributed by atoms with van der Waals surface area (Å²) in [6.07, 6.45) is 0.695. The van der Waals surface area contributed by atoms with Crippen LogP contribution in [0.15, 0.2) is 53.7 Å². The zero-order valence-corrected chi connectivity index (χ0v) is 17.9. The summed E-state index contributed by atoms with van der Waals surface area (Å²) in [5.41, 5.74) is 6.13. The molecule has 1 N–H and O–H groups in total. The van der Waals surface area contributed by atoms with Gasteiger partial charge in [-0.3, -0.25) is 9.20 Å². The summed E-state index contributed by atoms with van der Waals surface area (Å²) in [5, 5.41) is 13.5. The molecule has 0 fully saturated rings. The van der Waals surface area contributed by atoms with E-state index in [1.165, 1.54) is 22.7 Å². The number of fused-ring (bicyclic) bond motifs is 3. The Hall–Kier alpha value is -2.86. The Bertz CT molecular complexity index is 1210. The third-order valence-corrected chi connectivity index (χ3v) is 6.51. The van der Waals surface area contributed by atoms with E-state index in [9.17, 15) is 4.79 Å². The van der Waals surface area contributed by atoms with Crippen molar-refractivity contribution in [3.05, 3.63) is 65.2 Å². The van der Waals surface area contributed by atoms with Gasteiger partial charge in [0.1, 0.15) is 0 Å². The number of rotatable bonds is 5. The summed E-state index contributed by atoms with van der Waals surface area (Å²) in [4.78, 5) is 13.0. The van der Waals surface area contributed by atoms with Gasteiger partial charge in [-0.25, -0.2) is 0 Å². The van der Waals surface area contributed by atoms with Crippen molar-refractivity contribution in [1.82, 2.24) is 14.6 Å². The SMILES string of the molecule is CCC(Sc1nnc2cc(C)c3cccc(C)c3n12)C(=O)Nc1ccccc1C. The number of amides is 1. The maximum absolute atomic E-state index is 13.0. The van der Waals surface area contributed by atoms with Gasteiger partial charge < -0.3 is 5.32 Å². The smallest absolute Gasteiger partial charge is 0.237 e.